The molecule has 0 unspecified atom stereocenters. The third kappa shape index (κ3) is 3.52. The molecule has 0 bridgehead atoms. The lowest BCUT2D eigenvalue weighted by Crippen LogP contribution is -2.28. The summed E-state index contributed by atoms with van der Waals surface area (Å²) in [4.78, 5) is 0.102. The molecule has 1 aromatic rings. The van der Waals surface area contributed by atoms with Gasteiger partial charge in [0.2, 0.25) is 10.0 Å². The third-order valence-corrected chi connectivity index (χ3v) is 4.89. The molecule has 1 aromatic carbocycles. The van der Waals surface area contributed by atoms with Gasteiger partial charge in [-0.05, 0) is 31.0 Å². The van der Waals surface area contributed by atoms with Crippen molar-refractivity contribution in [2.75, 3.05) is 13.6 Å². The average molecular weight is 288 g/mol. The minimum atomic E-state index is -3.57. The van der Waals surface area contributed by atoms with Gasteiger partial charge in [0.15, 0.2) is 0 Å². The van der Waals surface area contributed by atoms with Crippen molar-refractivity contribution >= 4 is 10.0 Å². The molecule has 0 saturated heterocycles. The van der Waals surface area contributed by atoms with Crippen LogP contribution in [0.2, 0.25) is 0 Å². The summed E-state index contributed by atoms with van der Waals surface area (Å²) >= 11 is 0. The van der Waals surface area contributed by atoms with Gasteiger partial charge in [0, 0.05) is 25.7 Å². The Labute approximate surface area is 114 Å². The lowest BCUT2D eigenvalue weighted by Gasteiger charge is -2.18. The predicted molar refractivity (Wildman–Crippen MR) is 73.8 cm³/mol. The van der Waals surface area contributed by atoms with E-state index < -0.39 is 15.8 Å². The first-order chi connectivity index (χ1) is 8.84. The van der Waals surface area contributed by atoms with Crippen LogP contribution in [0, 0.1) is 12.7 Å². The Morgan fingerprint density at radius 2 is 2.00 bits per heavy atom. The van der Waals surface area contributed by atoms with Crippen molar-refractivity contribution in [2.45, 2.75) is 38.1 Å². The number of sulfonamides is 1. The van der Waals surface area contributed by atoms with Crippen LogP contribution in [0.25, 0.3) is 0 Å². The number of unbranched alkanes of at least 4 members (excludes halogenated alkanes) is 1. The summed E-state index contributed by atoms with van der Waals surface area (Å²) in [6.45, 7) is 3.97. The van der Waals surface area contributed by atoms with Crippen LogP contribution in [0.3, 0.4) is 0 Å². The first kappa shape index (κ1) is 16.1. The summed E-state index contributed by atoms with van der Waals surface area (Å²) in [5.74, 6) is -0.433. The number of aryl methyl sites for hydroxylation is 1. The Morgan fingerprint density at radius 1 is 1.37 bits per heavy atom. The maximum atomic E-state index is 13.7. The van der Waals surface area contributed by atoms with E-state index in [9.17, 15) is 12.8 Å². The van der Waals surface area contributed by atoms with Gasteiger partial charge in [-0.15, -0.1) is 0 Å². The predicted octanol–water partition coefficient (Wildman–Crippen LogP) is 2.01. The van der Waals surface area contributed by atoms with Gasteiger partial charge in [0.25, 0.3) is 0 Å². The van der Waals surface area contributed by atoms with E-state index in [1.54, 1.807) is 6.92 Å². The van der Waals surface area contributed by atoms with Gasteiger partial charge in [0.05, 0.1) is 4.90 Å². The molecule has 108 valence electrons. The topological polar surface area (TPSA) is 63.4 Å². The fourth-order valence-electron chi connectivity index (χ4n) is 1.79. The monoisotopic (exact) mass is 288 g/mol. The number of benzene rings is 1. The molecule has 0 aliphatic carbocycles. The summed E-state index contributed by atoms with van der Waals surface area (Å²) in [6.07, 6.45) is 1.70. The zero-order valence-electron chi connectivity index (χ0n) is 11.6. The Bertz CT molecular complexity index is 544. The second-order valence-corrected chi connectivity index (χ2v) is 6.64. The Hall–Kier alpha value is -0.980. The summed E-state index contributed by atoms with van der Waals surface area (Å²) < 4.78 is 39.6. The minimum Gasteiger partial charge on any atom is -0.326 e. The number of rotatable bonds is 6. The fourth-order valence-corrected chi connectivity index (χ4v) is 3.13. The summed E-state index contributed by atoms with van der Waals surface area (Å²) in [5, 5.41) is 0. The average Bonchev–Trinajstić information content (AvgIpc) is 2.38. The van der Waals surface area contributed by atoms with E-state index in [0.717, 1.165) is 12.8 Å². The standard InChI is InChI=1S/C13H21FN2O2S/c1-4-5-6-16(3)19(17,18)12-7-10(2)13(14)11(8-12)9-15/h7-8H,4-6,9,15H2,1-3H3. The molecule has 0 amide bonds. The van der Waals surface area contributed by atoms with Crippen molar-refractivity contribution < 1.29 is 12.8 Å². The van der Waals surface area contributed by atoms with Crippen LogP contribution in [-0.4, -0.2) is 26.3 Å². The maximum Gasteiger partial charge on any atom is 0.242 e. The summed E-state index contributed by atoms with van der Waals surface area (Å²) in [7, 11) is -2.04. The maximum absolute atomic E-state index is 13.7. The van der Waals surface area contributed by atoms with Crippen LogP contribution in [0.5, 0.6) is 0 Å². The minimum absolute atomic E-state index is 0.0191. The van der Waals surface area contributed by atoms with E-state index in [2.05, 4.69) is 0 Å². The van der Waals surface area contributed by atoms with E-state index in [0.29, 0.717) is 12.1 Å². The molecule has 1 rings (SSSR count). The highest BCUT2D eigenvalue weighted by molar-refractivity contribution is 7.89. The van der Waals surface area contributed by atoms with E-state index in [1.165, 1.54) is 23.5 Å². The lowest BCUT2D eigenvalue weighted by atomic mass is 10.1. The summed E-state index contributed by atoms with van der Waals surface area (Å²) in [5.41, 5.74) is 5.96. The largest absolute Gasteiger partial charge is 0.326 e. The van der Waals surface area contributed by atoms with Crippen molar-refractivity contribution in [1.29, 1.82) is 0 Å². The summed E-state index contributed by atoms with van der Waals surface area (Å²) in [6, 6.07) is 2.67. The van der Waals surface area contributed by atoms with Crippen LogP contribution < -0.4 is 5.73 Å². The molecule has 0 aliphatic rings. The molecular weight excluding hydrogens is 267 g/mol. The van der Waals surface area contributed by atoms with E-state index in [4.69, 9.17) is 5.73 Å². The molecule has 2 N–H and O–H groups in total. The number of nitrogens with two attached hydrogens (primary N) is 1. The van der Waals surface area contributed by atoms with Crippen LogP contribution in [0.4, 0.5) is 4.39 Å². The van der Waals surface area contributed by atoms with Crippen LogP contribution in [0.1, 0.15) is 30.9 Å². The zero-order valence-corrected chi connectivity index (χ0v) is 12.4. The fraction of sp³-hybridized carbons (Fsp3) is 0.538. The van der Waals surface area contributed by atoms with Gasteiger partial charge in [-0.25, -0.2) is 17.1 Å². The second kappa shape index (κ2) is 6.45. The smallest absolute Gasteiger partial charge is 0.242 e. The Balaban J connectivity index is 3.18. The SMILES string of the molecule is CCCCN(C)S(=O)(=O)c1cc(C)c(F)c(CN)c1. The van der Waals surface area contributed by atoms with Crippen molar-refractivity contribution in [3.05, 3.63) is 29.1 Å². The molecular formula is C13H21FN2O2S. The molecule has 0 spiro atoms. The number of nitrogens with zero attached hydrogens (tertiary/aromatic N) is 1. The van der Waals surface area contributed by atoms with Crippen LogP contribution >= 0.6 is 0 Å². The Kier molecular flexibility index (Phi) is 5.46. The molecule has 0 aromatic heterocycles. The molecule has 0 atom stereocenters. The molecule has 0 heterocycles. The molecule has 0 saturated carbocycles. The first-order valence-electron chi connectivity index (χ1n) is 6.30. The van der Waals surface area contributed by atoms with Gasteiger partial charge in [-0.1, -0.05) is 13.3 Å². The highest BCUT2D eigenvalue weighted by Gasteiger charge is 2.22. The van der Waals surface area contributed by atoms with Crippen molar-refractivity contribution in [3.8, 4) is 0 Å². The van der Waals surface area contributed by atoms with Crippen LogP contribution in [0.15, 0.2) is 17.0 Å². The van der Waals surface area contributed by atoms with E-state index in [1.807, 2.05) is 6.92 Å². The third-order valence-electron chi connectivity index (χ3n) is 3.06. The highest BCUT2D eigenvalue weighted by Crippen LogP contribution is 2.21. The molecule has 19 heavy (non-hydrogen) atoms. The molecule has 0 radical (unpaired) electrons. The van der Waals surface area contributed by atoms with Crippen molar-refractivity contribution in [1.82, 2.24) is 4.31 Å². The van der Waals surface area contributed by atoms with Gasteiger partial charge < -0.3 is 5.73 Å². The zero-order chi connectivity index (χ0) is 14.6. The highest BCUT2D eigenvalue weighted by atomic mass is 32.2. The molecule has 6 heteroatoms. The normalized spacial score (nSPS) is 12.1. The first-order valence-corrected chi connectivity index (χ1v) is 7.74. The molecule has 4 nitrogen and oxygen atoms in total. The second-order valence-electron chi connectivity index (χ2n) is 4.60. The van der Waals surface area contributed by atoms with E-state index >= 15 is 0 Å². The van der Waals surface area contributed by atoms with Crippen LogP contribution in [-0.2, 0) is 16.6 Å². The number of halogens is 1. The molecule has 0 aliphatic heterocycles. The van der Waals surface area contributed by atoms with Crippen molar-refractivity contribution in [3.63, 3.8) is 0 Å². The lowest BCUT2D eigenvalue weighted by molar-refractivity contribution is 0.459. The van der Waals surface area contributed by atoms with Crippen molar-refractivity contribution in [2.24, 2.45) is 5.73 Å². The number of hydrogen-bond donors (Lipinski definition) is 1. The van der Waals surface area contributed by atoms with Gasteiger partial charge in [0.1, 0.15) is 5.82 Å². The number of hydrogen-bond acceptors (Lipinski definition) is 3. The Morgan fingerprint density at radius 3 is 2.53 bits per heavy atom. The van der Waals surface area contributed by atoms with Gasteiger partial charge >= 0.3 is 0 Å². The molecule has 0 fully saturated rings. The van der Waals surface area contributed by atoms with Gasteiger partial charge in [-0.3, -0.25) is 0 Å². The van der Waals surface area contributed by atoms with Gasteiger partial charge in [-0.2, -0.15) is 0 Å². The quantitative estimate of drug-likeness (QED) is 0.871. The van der Waals surface area contributed by atoms with E-state index in [-0.39, 0.29) is 17.0 Å².